The van der Waals surface area contributed by atoms with Gasteiger partial charge < -0.3 is 10.0 Å². The first kappa shape index (κ1) is 16.2. The molecule has 2 aliphatic heterocycles. The van der Waals surface area contributed by atoms with Crippen molar-refractivity contribution >= 4 is 21.9 Å². The third-order valence-electron chi connectivity index (χ3n) is 4.27. The zero-order valence-corrected chi connectivity index (χ0v) is 13.0. The summed E-state index contributed by atoms with van der Waals surface area (Å²) in [5.41, 5.74) is 0. The van der Waals surface area contributed by atoms with Crippen molar-refractivity contribution in [3.63, 3.8) is 0 Å². The normalized spacial score (nSPS) is 28.3. The van der Waals surface area contributed by atoms with Crippen LogP contribution in [0, 0.1) is 5.92 Å². The van der Waals surface area contributed by atoms with Gasteiger partial charge in [0.25, 0.3) is 0 Å². The lowest BCUT2D eigenvalue weighted by Gasteiger charge is -2.38. The number of carboxylic acids is 1. The van der Waals surface area contributed by atoms with Crippen molar-refractivity contribution < 1.29 is 23.1 Å². The summed E-state index contributed by atoms with van der Waals surface area (Å²) in [6.45, 7) is 1.05. The number of carboxylic acid groups (broad SMARTS) is 1. The van der Waals surface area contributed by atoms with Gasteiger partial charge in [0.15, 0.2) is 0 Å². The zero-order chi connectivity index (χ0) is 15.6. The highest BCUT2D eigenvalue weighted by Gasteiger charge is 2.38. The van der Waals surface area contributed by atoms with Crippen molar-refractivity contribution in [3.8, 4) is 0 Å². The number of nitrogens with zero attached hydrogens (tertiary/aromatic N) is 2. The summed E-state index contributed by atoms with van der Waals surface area (Å²) in [4.78, 5) is 25.3. The minimum atomic E-state index is -3.31. The molecule has 2 fully saturated rings. The fourth-order valence-electron chi connectivity index (χ4n) is 3.13. The number of hydrogen-bond donors (Lipinski definition) is 1. The van der Waals surface area contributed by atoms with Crippen LogP contribution in [0.3, 0.4) is 0 Å². The Morgan fingerprint density at radius 1 is 1.10 bits per heavy atom. The van der Waals surface area contributed by atoms with Crippen molar-refractivity contribution in [1.29, 1.82) is 0 Å². The molecule has 1 amide bonds. The summed E-state index contributed by atoms with van der Waals surface area (Å²) in [6.07, 6.45) is 4.48. The molecule has 8 heteroatoms. The molecule has 7 nitrogen and oxygen atoms in total. The van der Waals surface area contributed by atoms with Gasteiger partial charge in [-0.1, -0.05) is 0 Å². The maximum atomic E-state index is 12.6. The third kappa shape index (κ3) is 3.74. The van der Waals surface area contributed by atoms with E-state index in [1.807, 2.05) is 0 Å². The smallest absolute Gasteiger partial charge is 0.326 e. The van der Waals surface area contributed by atoms with Gasteiger partial charge in [0, 0.05) is 19.6 Å². The average molecular weight is 318 g/mol. The van der Waals surface area contributed by atoms with Gasteiger partial charge in [-0.05, 0) is 32.1 Å². The molecule has 2 heterocycles. The van der Waals surface area contributed by atoms with Gasteiger partial charge in [0.1, 0.15) is 6.04 Å². The fraction of sp³-hybridized carbons (Fsp3) is 0.846. The Balaban J connectivity index is 2.09. The number of rotatable bonds is 3. The molecule has 2 atom stereocenters. The summed E-state index contributed by atoms with van der Waals surface area (Å²) >= 11 is 0. The lowest BCUT2D eigenvalue weighted by Crippen LogP contribution is -2.53. The van der Waals surface area contributed by atoms with Gasteiger partial charge in [-0.15, -0.1) is 0 Å². The molecule has 0 bridgehead atoms. The highest BCUT2D eigenvalue weighted by atomic mass is 32.2. The molecule has 0 spiro atoms. The Bertz CT molecular complexity index is 519. The summed E-state index contributed by atoms with van der Waals surface area (Å²) in [5, 5.41) is 9.24. The van der Waals surface area contributed by atoms with Crippen LogP contribution >= 0.6 is 0 Å². The molecule has 0 aromatic carbocycles. The monoisotopic (exact) mass is 318 g/mol. The minimum absolute atomic E-state index is 0.167. The maximum Gasteiger partial charge on any atom is 0.326 e. The molecule has 0 aliphatic carbocycles. The number of carbonyl (C=O) groups is 2. The molecule has 0 aromatic rings. The van der Waals surface area contributed by atoms with Crippen LogP contribution in [-0.2, 0) is 19.6 Å². The molecule has 0 radical (unpaired) electrons. The van der Waals surface area contributed by atoms with Crippen LogP contribution in [-0.4, -0.2) is 66.5 Å². The molecule has 1 N–H and O–H groups in total. The molecule has 2 saturated heterocycles. The Kier molecular flexibility index (Phi) is 4.88. The Hall–Kier alpha value is -1.15. The second kappa shape index (κ2) is 6.31. The van der Waals surface area contributed by atoms with Crippen LogP contribution in [0.5, 0.6) is 0 Å². The highest BCUT2D eigenvalue weighted by molar-refractivity contribution is 7.88. The number of sulfonamides is 1. The number of likely N-dealkylation sites (tertiary alicyclic amines) is 1. The fourth-order valence-corrected chi connectivity index (χ4v) is 4.04. The van der Waals surface area contributed by atoms with Crippen LogP contribution in [0.15, 0.2) is 0 Å². The number of piperidine rings is 2. The lowest BCUT2D eigenvalue weighted by atomic mass is 9.94. The number of hydrogen-bond acceptors (Lipinski definition) is 4. The maximum absolute atomic E-state index is 12.6. The predicted molar refractivity (Wildman–Crippen MR) is 76.1 cm³/mol. The van der Waals surface area contributed by atoms with Crippen LogP contribution in [0.1, 0.15) is 32.1 Å². The highest BCUT2D eigenvalue weighted by Crippen LogP contribution is 2.25. The van der Waals surface area contributed by atoms with Gasteiger partial charge >= 0.3 is 5.97 Å². The van der Waals surface area contributed by atoms with Crippen molar-refractivity contribution in [2.75, 3.05) is 25.9 Å². The van der Waals surface area contributed by atoms with Crippen LogP contribution < -0.4 is 0 Å². The van der Waals surface area contributed by atoms with Crippen LogP contribution in [0.2, 0.25) is 0 Å². The van der Waals surface area contributed by atoms with E-state index in [0.29, 0.717) is 32.4 Å². The third-order valence-corrected chi connectivity index (χ3v) is 5.54. The molecule has 0 saturated carbocycles. The first-order chi connectivity index (χ1) is 9.80. The quantitative estimate of drug-likeness (QED) is 0.798. The summed E-state index contributed by atoms with van der Waals surface area (Å²) in [5.74, 6) is -1.61. The molecule has 2 rings (SSSR count). The van der Waals surface area contributed by atoms with Gasteiger partial charge in [-0.2, -0.15) is 0 Å². The first-order valence-electron chi connectivity index (χ1n) is 7.29. The van der Waals surface area contributed by atoms with Crippen LogP contribution in [0.4, 0.5) is 0 Å². The minimum Gasteiger partial charge on any atom is -0.480 e. The average Bonchev–Trinajstić information content (AvgIpc) is 2.45. The Morgan fingerprint density at radius 2 is 1.81 bits per heavy atom. The number of amides is 1. The van der Waals surface area contributed by atoms with Gasteiger partial charge in [0.2, 0.25) is 15.9 Å². The van der Waals surface area contributed by atoms with E-state index in [1.165, 1.54) is 9.21 Å². The Labute approximate surface area is 125 Å². The molecule has 21 heavy (non-hydrogen) atoms. The van der Waals surface area contributed by atoms with E-state index in [2.05, 4.69) is 0 Å². The summed E-state index contributed by atoms with van der Waals surface area (Å²) in [6, 6.07) is -0.764. The molecule has 0 aromatic heterocycles. The van der Waals surface area contributed by atoms with Crippen molar-refractivity contribution in [2.45, 2.75) is 38.1 Å². The van der Waals surface area contributed by atoms with E-state index in [4.69, 9.17) is 0 Å². The first-order valence-corrected chi connectivity index (χ1v) is 9.14. The zero-order valence-electron chi connectivity index (χ0n) is 12.2. The van der Waals surface area contributed by atoms with E-state index < -0.39 is 28.0 Å². The van der Waals surface area contributed by atoms with E-state index in [0.717, 1.165) is 19.1 Å². The van der Waals surface area contributed by atoms with E-state index in [1.54, 1.807) is 0 Å². The van der Waals surface area contributed by atoms with Crippen LogP contribution in [0.25, 0.3) is 0 Å². The molecular weight excluding hydrogens is 296 g/mol. The van der Waals surface area contributed by atoms with Gasteiger partial charge in [0.05, 0.1) is 12.2 Å². The summed E-state index contributed by atoms with van der Waals surface area (Å²) in [7, 11) is -3.31. The lowest BCUT2D eigenvalue weighted by molar-refractivity contribution is -0.154. The molecular formula is C13H22N2O5S. The van der Waals surface area contributed by atoms with E-state index in [9.17, 15) is 23.1 Å². The van der Waals surface area contributed by atoms with Crippen molar-refractivity contribution in [3.05, 3.63) is 0 Å². The SMILES string of the molecule is CS(=O)(=O)N1CCCC(C(=O)N2CCCC[C@@H]2C(=O)O)C1. The largest absolute Gasteiger partial charge is 0.480 e. The second-order valence-corrected chi connectivity index (χ2v) is 7.82. The number of aliphatic carboxylic acids is 1. The van der Waals surface area contributed by atoms with Crippen molar-refractivity contribution in [2.24, 2.45) is 5.92 Å². The second-order valence-electron chi connectivity index (χ2n) is 5.84. The van der Waals surface area contributed by atoms with Gasteiger partial charge in [-0.25, -0.2) is 17.5 Å². The molecule has 120 valence electrons. The summed E-state index contributed by atoms with van der Waals surface area (Å²) < 4.78 is 24.5. The van der Waals surface area contributed by atoms with Gasteiger partial charge in [-0.3, -0.25) is 4.79 Å². The van der Waals surface area contributed by atoms with E-state index >= 15 is 0 Å². The van der Waals surface area contributed by atoms with Crippen molar-refractivity contribution in [1.82, 2.24) is 9.21 Å². The number of carbonyl (C=O) groups excluding carboxylic acids is 1. The topological polar surface area (TPSA) is 95.0 Å². The predicted octanol–water partition coefficient (Wildman–Crippen LogP) is 0.124. The standard InChI is InChI=1S/C13H22N2O5S/c1-21(19,20)14-7-4-5-10(9-14)12(16)15-8-3-2-6-11(15)13(17)18/h10-11H,2-9H2,1H3,(H,17,18)/t10?,11-/m1/s1. The van der Waals surface area contributed by atoms with E-state index in [-0.39, 0.29) is 12.5 Å². The molecule has 2 aliphatic rings. The Morgan fingerprint density at radius 3 is 2.43 bits per heavy atom. The molecule has 1 unspecified atom stereocenters.